The molecule has 0 saturated carbocycles. The van der Waals surface area contributed by atoms with Gasteiger partial charge in [0.1, 0.15) is 40.9 Å². The third kappa shape index (κ3) is 8.59. The van der Waals surface area contributed by atoms with Crippen molar-refractivity contribution in [3.63, 3.8) is 0 Å². The highest BCUT2D eigenvalue weighted by Crippen LogP contribution is 2.30. The number of hydrogen-bond acceptors (Lipinski definition) is 8. The van der Waals surface area contributed by atoms with E-state index >= 15 is 0 Å². The number of rotatable bonds is 6. The summed E-state index contributed by atoms with van der Waals surface area (Å²) >= 11 is 1.24. The maximum absolute atomic E-state index is 14.3. The first kappa shape index (κ1) is 37.9. The molecule has 6 amide bonds. The highest BCUT2D eigenvalue weighted by Gasteiger charge is 2.43. The van der Waals surface area contributed by atoms with E-state index < -0.39 is 59.9 Å². The van der Waals surface area contributed by atoms with Crippen LogP contribution in [0.2, 0.25) is 0 Å². The summed E-state index contributed by atoms with van der Waals surface area (Å²) < 4.78 is 0. The van der Waals surface area contributed by atoms with Crippen LogP contribution in [-0.4, -0.2) is 93.5 Å². The normalized spacial score (nSPS) is 28.1. The van der Waals surface area contributed by atoms with Gasteiger partial charge in [-0.15, -0.1) is 11.3 Å². The van der Waals surface area contributed by atoms with Crippen LogP contribution < -0.4 is 21.3 Å². The molecule has 276 valence electrons. The number of thiazole rings is 1. The Morgan fingerprint density at radius 3 is 1.94 bits per heavy atom. The summed E-state index contributed by atoms with van der Waals surface area (Å²) in [7, 11) is 0. The van der Waals surface area contributed by atoms with Gasteiger partial charge in [0, 0.05) is 24.9 Å². The summed E-state index contributed by atoms with van der Waals surface area (Å²) in [4.78, 5) is 91.0. The highest BCUT2D eigenvalue weighted by molar-refractivity contribution is 7.09. The Bertz CT molecular complexity index is 1600. The van der Waals surface area contributed by atoms with Crippen LogP contribution in [0.3, 0.4) is 0 Å². The Kier molecular flexibility index (Phi) is 12.5. The van der Waals surface area contributed by atoms with E-state index in [1.165, 1.54) is 23.2 Å². The average Bonchev–Trinajstić information content (AvgIpc) is 3.93. The SMILES string of the molecule is CC[C@@H](C)[C@@H]1NC(=O)[C@@H]2CCCN2C(=O)[C@H]([C@@H](C)CC)NC(=O)[C@@H]2CCCN2C(=O)[C@H](Cc2ccccc2)NC(=O)[C@H](C)NC(=O)c2csc1n2. The van der Waals surface area contributed by atoms with Crippen molar-refractivity contribution in [3.8, 4) is 0 Å². The third-order valence-electron chi connectivity index (χ3n) is 10.6. The Labute approximate surface area is 303 Å². The Morgan fingerprint density at radius 1 is 0.765 bits per heavy atom. The predicted molar refractivity (Wildman–Crippen MR) is 192 cm³/mol. The molecular formula is C37H51N7O6S. The van der Waals surface area contributed by atoms with Crippen molar-refractivity contribution in [2.45, 2.75) is 116 Å². The number of aromatic nitrogens is 1. The van der Waals surface area contributed by atoms with Gasteiger partial charge in [-0.25, -0.2) is 4.98 Å². The minimum atomic E-state index is -1.02. The number of fused-ring (bicyclic) bond motifs is 4. The molecule has 3 aliphatic heterocycles. The second-order valence-corrected chi connectivity index (χ2v) is 15.0. The van der Waals surface area contributed by atoms with Crippen LogP contribution in [0.4, 0.5) is 0 Å². The molecule has 14 heteroatoms. The predicted octanol–water partition coefficient (Wildman–Crippen LogP) is 2.72. The summed E-state index contributed by atoms with van der Waals surface area (Å²) in [5, 5.41) is 13.8. The van der Waals surface area contributed by atoms with E-state index in [9.17, 15) is 28.8 Å². The topological polar surface area (TPSA) is 170 Å². The first-order chi connectivity index (χ1) is 24.4. The van der Waals surface area contributed by atoms with E-state index in [0.717, 1.165) is 12.0 Å². The first-order valence-electron chi connectivity index (χ1n) is 18.3. The van der Waals surface area contributed by atoms with Gasteiger partial charge in [-0.3, -0.25) is 28.8 Å². The lowest BCUT2D eigenvalue weighted by Crippen LogP contribution is -2.60. The number of benzene rings is 1. The molecule has 1 aromatic heterocycles. The zero-order valence-electron chi connectivity index (χ0n) is 30.1. The molecule has 1 aromatic carbocycles. The number of carbonyl (C=O) groups is 6. The molecule has 2 fully saturated rings. The Hall–Kier alpha value is -4.33. The van der Waals surface area contributed by atoms with Gasteiger partial charge in [-0.1, -0.05) is 70.9 Å². The van der Waals surface area contributed by atoms with Crippen LogP contribution >= 0.6 is 11.3 Å². The first-order valence-corrected chi connectivity index (χ1v) is 19.1. The number of carbonyl (C=O) groups excluding carboxylic acids is 6. The minimum Gasteiger partial charge on any atom is -0.345 e. The highest BCUT2D eigenvalue weighted by atomic mass is 32.1. The summed E-state index contributed by atoms with van der Waals surface area (Å²) in [6.07, 6.45) is 3.59. The van der Waals surface area contributed by atoms with E-state index in [1.807, 2.05) is 58.0 Å². The van der Waals surface area contributed by atoms with Gasteiger partial charge in [0.2, 0.25) is 29.5 Å². The number of hydrogen-bond donors (Lipinski definition) is 4. The van der Waals surface area contributed by atoms with Gasteiger partial charge in [0.15, 0.2) is 0 Å². The molecule has 0 spiro atoms. The van der Waals surface area contributed by atoms with Crippen molar-refractivity contribution in [1.29, 1.82) is 0 Å². The largest absolute Gasteiger partial charge is 0.345 e. The molecule has 4 heterocycles. The monoisotopic (exact) mass is 721 g/mol. The van der Waals surface area contributed by atoms with E-state index in [-0.39, 0.29) is 35.8 Å². The van der Waals surface area contributed by atoms with Crippen LogP contribution in [0.1, 0.15) is 100 Å². The van der Waals surface area contributed by atoms with Crippen molar-refractivity contribution in [2.75, 3.05) is 13.1 Å². The molecule has 2 saturated heterocycles. The molecule has 0 aliphatic carbocycles. The minimum absolute atomic E-state index is 0.0338. The van der Waals surface area contributed by atoms with Gasteiger partial charge in [-0.2, -0.15) is 0 Å². The molecule has 3 aliphatic rings. The van der Waals surface area contributed by atoms with Crippen molar-refractivity contribution in [1.82, 2.24) is 36.1 Å². The quantitative estimate of drug-likeness (QED) is 0.356. The molecular weight excluding hydrogens is 671 g/mol. The lowest BCUT2D eigenvalue weighted by atomic mass is 9.96. The van der Waals surface area contributed by atoms with Crippen LogP contribution in [-0.2, 0) is 30.4 Å². The van der Waals surface area contributed by atoms with Crippen LogP contribution in [0, 0.1) is 11.8 Å². The second kappa shape index (κ2) is 16.8. The van der Waals surface area contributed by atoms with Crippen LogP contribution in [0.15, 0.2) is 35.7 Å². The van der Waals surface area contributed by atoms with Crippen molar-refractivity contribution >= 4 is 46.8 Å². The standard InChI is InChI=1S/C37H51N7O6S/c1-6-21(3)29-35-40-26(20-51-35)32(46)38-23(5)31(45)39-25(19-24-13-9-8-10-14-24)36(49)43-17-11-15-27(43)34(48)42-30(22(4)7-2)37(50)44-18-12-16-28(44)33(47)41-29/h8-10,13-14,20-23,25,27-30H,6-7,11-12,15-19H2,1-5H3,(H,38,46)(H,39,45)(H,41,47)(H,42,48)/t21-,22+,23+,25+,27+,28+,29+,30+/m1/s1. The zero-order valence-corrected chi connectivity index (χ0v) is 31.0. The van der Waals surface area contributed by atoms with E-state index in [2.05, 4.69) is 26.3 Å². The lowest BCUT2D eigenvalue weighted by molar-refractivity contribution is -0.145. The van der Waals surface area contributed by atoms with Crippen molar-refractivity contribution in [2.24, 2.45) is 11.8 Å². The zero-order chi connectivity index (χ0) is 36.8. The second-order valence-electron chi connectivity index (χ2n) is 14.1. The molecule has 2 bridgehead atoms. The molecule has 4 N–H and O–H groups in total. The van der Waals surface area contributed by atoms with Crippen LogP contribution in [0.25, 0.3) is 0 Å². The van der Waals surface area contributed by atoms with E-state index in [4.69, 9.17) is 0 Å². The molecule has 5 rings (SSSR count). The van der Waals surface area contributed by atoms with E-state index in [1.54, 1.807) is 10.3 Å². The summed E-state index contributed by atoms with van der Waals surface area (Å²) in [6.45, 7) is 10.1. The number of nitrogens with zero attached hydrogens (tertiary/aromatic N) is 3. The van der Waals surface area contributed by atoms with Crippen LogP contribution in [0.5, 0.6) is 0 Å². The summed E-state index contributed by atoms with van der Waals surface area (Å²) in [5.41, 5.74) is 0.925. The van der Waals surface area contributed by atoms with Gasteiger partial charge in [0.05, 0.1) is 6.04 Å². The maximum atomic E-state index is 14.3. The third-order valence-corrected chi connectivity index (χ3v) is 11.6. The number of nitrogens with one attached hydrogen (secondary N) is 4. The average molecular weight is 722 g/mol. The van der Waals surface area contributed by atoms with E-state index in [0.29, 0.717) is 50.2 Å². The Morgan fingerprint density at radius 2 is 1.33 bits per heavy atom. The molecule has 51 heavy (non-hydrogen) atoms. The van der Waals surface area contributed by atoms with Crippen molar-refractivity contribution in [3.05, 3.63) is 52.0 Å². The molecule has 13 nitrogen and oxygen atoms in total. The fourth-order valence-corrected chi connectivity index (χ4v) is 8.05. The molecule has 0 radical (unpaired) electrons. The fraction of sp³-hybridized carbons (Fsp3) is 0.595. The van der Waals surface area contributed by atoms with Gasteiger partial charge in [0.25, 0.3) is 5.91 Å². The lowest BCUT2D eigenvalue weighted by Gasteiger charge is -2.34. The summed E-state index contributed by atoms with van der Waals surface area (Å²) in [5.74, 6) is -2.89. The summed E-state index contributed by atoms with van der Waals surface area (Å²) in [6, 6.07) is 4.26. The number of amides is 6. The molecule has 2 aromatic rings. The smallest absolute Gasteiger partial charge is 0.271 e. The van der Waals surface area contributed by atoms with Gasteiger partial charge in [-0.05, 0) is 50.0 Å². The molecule has 0 unspecified atom stereocenters. The molecule has 8 atom stereocenters. The van der Waals surface area contributed by atoms with Gasteiger partial charge < -0.3 is 31.1 Å². The maximum Gasteiger partial charge on any atom is 0.271 e. The van der Waals surface area contributed by atoms with Gasteiger partial charge >= 0.3 is 0 Å². The Balaban J connectivity index is 1.52. The van der Waals surface area contributed by atoms with Crippen molar-refractivity contribution < 1.29 is 28.8 Å². The fourth-order valence-electron chi connectivity index (χ4n) is 7.07.